The lowest BCUT2D eigenvalue weighted by Crippen LogP contribution is -2.38. The van der Waals surface area contributed by atoms with Crippen LogP contribution in [0.1, 0.15) is 42.7 Å². The van der Waals surface area contributed by atoms with E-state index in [0.717, 1.165) is 16.8 Å². The number of carbonyl (C=O) groups is 2. The number of nitrogens with zero attached hydrogens (tertiary/aromatic N) is 2. The van der Waals surface area contributed by atoms with Crippen molar-refractivity contribution in [3.8, 4) is 0 Å². The highest BCUT2D eigenvalue weighted by Crippen LogP contribution is 2.46. The van der Waals surface area contributed by atoms with Crippen molar-refractivity contribution in [3.05, 3.63) is 77.3 Å². The van der Waals surface area contributed by atoms with E-state index in [-0.39, 0.29) is 18.3 Å². The summed E-state index contributed by atoms with van der Waals surface area (Å²) in [6.07, 6.45) is 4.48. The summed E-state index contributed by atoms with van der Waals surface area (Å²) in [4.78, 5) is 35.4. The molecule has 2 aromatic rings. The van der Waals surface area contributed by atoms with Crippen molar-refractivity contribution in [1.29, 1.82) is 0 Å². The second-order valence-corrected chi connectivity index (χ2v) is 7.95. The largest absolute Gasteiger partial charge is 0.463 e. The third kappa shape index (κ3) is 4.35. The molecule has 0 fully saturated rings. The fourth-order valence-electron chi connectivity index (χ4n) is 4.56. The van der Waals surface area contributed by atoms with Gasteiger partial charge in [0.2, 0.25) is 0 Å². The zero-order valence-electron chi connectivity index (χ0n) is 17.8. The Morgan fingerprint density at radius 2 is 1.84 bits per heavy atom. The Labute approximate surface area is 182 Å². The second kappa shape index (κ2) is 9.35. The molecule has 0 amide bonds. The minimum Gasteiger partial charge on any atom is -0.463 e. The molecule has 0 radical (unpaired) electrons. The lowest BCUT2D eigenvalue weighted by Gasteiger charge is -2.36. The zero-order chi connectivity index (χ0) is 21.8. The topological polar surface area (TPSA) is 77.9 Å². The van der Waals surface area contributed by atoms with Crippen LogP contribution in [0.3, 0.4) is 0 Å². The van der Waals surface area contributed by atoms with Crippen molar-refractivity contribution in [2.75, 3.05) is 20.3 Å². The van der Waals surface area contributed by atoms with Crippen LogP contribution in [0.25, 0.3) is 0 Å². The van der Waals surface area contributed by atoms with Crippen LogP contribution in [0.15, 0.2) is 71.1 Å². The summed E-state index contributed by atoms with van der Waals surface area (Å²) in [6.45, 7) is 2.32. The predicted octanol–water partition coefficient (Wildman–Crippen LogP) is 3.85. The summed E-state index contributed by atoms with van der Waals surface area (Å²) in [5, 5.41) is 0. The Hall–Kier alpha value is -3.12. The van der Waals surface area contributed by atoms with E-state index in [4.69, 9.17) is 14.5 Å². The van der Waals surface area contributed by atoms with Gasteiger partial charge >= 0.3 is 5.97 Å². The van der Waals surface area contributed by atoms with Gasteiger partial charge in [-0.3, -0.25) is 19.6 Å². The van der Waals surface area contributed by atoms with E-state index in [1.54, 1.807) is 19.5 Å². The number of ketones is 1. The fraction of sp³-hybridized carbons (Fsp3) is 0.360. The van der Waals surface area contributed by atoms with Crippen LogP contribution in [-0.2, 0) is 19.1 Å². The third-order valence-electron chi connectivity index (χ3n) is 5.99. The minimum atomic E-state index is -0.656. The quantitative estimate of drug-likeness (QED) is 0.526. The molecule has 6 nitrogen and oxygen atoms in total. The van der Waals surface area contributed by atoms with Gasteiger partial charge in [-0.25, -0.2) is 0 Å². The molecule has 0 saturated carbocycles. The Morgan fingerprint density at radius 3 is 2.55 bits per heavy atom. The number of allylic oxidation sites excluding steroid dienone is 2. The number of hydrogen-bond donors (Lipinski definition) is 0. The number of benzene rings is 1. The number of hydrogen-bond acceptors (Lipinski definition) is 6. The van der Waals surface area contributed by atoms with Crippen molar-refractivity contribution in [2.45, 2.75) is 31.6 Å². The lowest BCUT2D eigenvalue weighted by atomic mass is 9.69. The van der Waals surface area contributed by atoms with E-state index < -0.39 is 17.8 Å². The summed E-state index contributed by atoms with van der Waals surface area (Å²) in [7, 11) is 1.56. The first-order valence-electron chi connectivity index (χ1n) is 10.5. The van der Waals surface area contributed by atoms with Gasteiger partial charge in [0, 0.05) is 48.8 Å². The number of carbonyl (C=O) groups excluding carboxylic acids is 2. The van der Waals surface area contributed by atoms with E-state index in [2.05, 4.69) is 17.1 Å². The molecular formula is C25H26N2O4. The first kappa shape index (κ1) is 21.1. The molecule has 0 bridgehead atoms. The van der Waals surface area contributed by atoms with Gasteiger partial charge in [0.1, 0.15) is 12.5 Å². The van der Waals surface area contributed by atoms with Crippen molar-refractivity contribution in [1.82, 2.24) is 4.98 Å². The van der Waals surface area contributed by atoms with Gasteiger partial charge in [-0.1, -0.05) is 36.4 Å². The smallest absolute Gasteiger partial charge is 0.315 e. The van der Waals surface area contributed by atoms with Gasteiger partial charge in [0.15, 0.2) is 5.78 Å². The van der Waals surface area contributed by atoms with Crippen LogP contribution in [0.2, 0.25) is 0 Å². The molecule has 0 spiro atoms. The predicted molar refractivity (Wildman–Crippen MR) is 117 cm³/mol. The van der Waals surface area contributed by atoms with Crippen LogP contribution in [0.5, 0.6) is 0 Å². The zero-order valence-corrected chi connectivity index (χ0v) is 17.8. The SMILES string of the molecule is COCCOC(=O)C1C(C)=NC2=C(C(=O)C[C@@H](c3ccccc3)C2)[C@@H]1c1cccnc1. The monoisotopic (exact) mass is 418 g/mol. The number of rotatable bonds is 6. The van der Waals surface area contributed by atoms with Crippen molar-refractivity contribution in [3.63, 3.8) is 0 Å². The van der Waals surface area contributed by atoms with Crippen molar-refractivity contribution >= 4 is 17.5 Å². The normalized spacial score (nSPS) is 23.2. The molecule has 1 aliphatic heterocycles. The van der Waals surface area contributed by atoms with Crippen LogP contribution >= 0.6 is 0 Å². The highest BCUT2D eigenvalue weighted by atomic mass is 16.6. The Bertz CT molecular complexity index is 1010. The van der Waals surface area contributed by atoms with Gasteiger partial charge in [-0.2, -0.15) is 0 Å². The summed E-state index contributed by atoms with van der Waals surface area (Å²) >= 11 is 0. The standard InChI is InChI=1S/C25H26N2O4/c1-16-22(25(29)31-12-11-30-2)23(18-9-6-10-26-15-18)24-20(27-16)13-19(14-21(24)28)17-7-4-3-5-8-17/h3-10,15,19,22-23H,11-14H2,1-2H3/t19-,22?,23+/m0/s1. The Morgan fingerprint density at radius 1 is 1.06 bits per heavy atom. The first-order valence-corrected chi connectivity index (χ1v) is 10.5. The maximum atomic E-state index is 13.4. The van der Waals surface area contributed by atoms with Crippen molar-refractivity contribution < 1.29 is 19.1 Å². The van der Waals surface area contributed by atoms with Crippen LogP contribution in [-0.4, -0.2) is 42.8 Å². The molecule has 1 aromatic carbocycles. The summed E-state index contributed by atoms with van der Waals surface area (Å²) in [5.74, 6) is -1.37. The number of Topliss-reactive ketones (excluding diaryl/α,β-unsaturated/α-hetero) is 1. The van der Waals surface area contributed by atoms with E-state index in [1.165, 1.54) is 0 Å². The number of esters is 1. The van der Waals surface area contributed by atoms with Crippen LogP contribution in [0.4, 0.5) is 0 Å². The number of ether oxygens (including phenoxy) is 2. The first-order chi connectivity index (χ1) is 15.1. The number of pyridine rings is 1. The average molecular weight is 418 g/mol. The molecule has 3 atom stereocenters. The second-order valence-electron chi connectivity index (χ2n) is 7.95. The van der Waals surface area contributed by atoms with E-state index in [1.807, 2.05) is 37.3 Å². The highest BCUT2D eigenvalue weighted by Gasteiger charge is 2.44. The number of methoxy groups -OCH3 is 1. The number of aromatic nitrogens is 1. The van der Waals surface area contributed by atoms with Crippen LogP contribution in [0, 0.1) is 5.92 Å². The van der Waals surface area contributed by atoms with E-state index in [9.17, 15) is 9.59 Å². The summed E-state index contributed by atoms with van der Waals surface area (Å²) in [6, 6.07) is 13.8. The van der Waals surface area contributed by atoms with Crippen LogP contribution < -0.4 is 0 Å². The molecule has 1 aliphatic carbocycles. The van der Waals surface area contributed by atoms with Crippen molar-refractivity contribution in [2.24, 2.45) is 10.9 Å². The lowest BCUT2D eigenvalue weighted by molar-refractivity contribution is -0.147. The molecule has 6 heteroatoms. The molecule has 31 heavy (non-hydrogen) atoms. The number of aliphatic imine (C=N–C) groups is 1. The molecular weight excluding hydrogens is 392 g/mol. The van der Waals surface area contributed by atoms with Gasteiger partial charge < -0.3 is 9.47 Å². The molecule has 0 saturated heterocycles. The van der Waals surface area contributed by atoms with E-state index in [0.29, 0.717) is 30.7 Å². The van der Waals surface area contributed by atoms with Gasteiger partial charge in [0.25, 0.3) is 0 Å². The molecule has 1 aromatic heterocycles. The van der Waals surface area contributed by atoms with Gasteiger partial charge in [-0.15, -0.1) is 0 Å². The molecule has 2 aliphatic rings. The third-order valence-corrected chi connectivity index (χ3v) is 5.99. The molecule has 160 valence electrons. The molecule has 0 N–H and O–H groups in total. The Kier molecular flexibility index (Phi) is 6.37. The average Bonchev–Trinajstić information content (AvgIpc) is 2.79. The minimum absolute atomic E-state index is 0.0369. The molecule has 2 heterocycles. The van der Waals surface area contributed by atoms with Gasteiger partial charge in [-0.05, 0) is 36.5 Å². The molecule has 1 unspecified atom stereocenters. The maximum Gasteiger partial charge on any atom is 0.315 e. The summed E-state index contributed by atoms with van der Waals surface area (Å²) in [5.41, 5.74) is 4.02. The molecule has 4 rings (SSSR count). The Balaban J connectivity index is 1.73. The highest BCUT2D eigenvalue weighted by molar-refractivity contribution is 6.09. The van der Waals surface area contributed by atoms with Gasteiger partial charge in [0.05, 0.1) is 6.61 Å². The van der Waals surface area contributed by atoms with E-state index >= 15 is 0 Å². The maximum absolute atomic E-state index is 13.4. The fourth-order valence-corrected chi connectivity index (χ4v) is 4.56. The summed E-state index contributed by atoms with van der Waals surface area (Å²) < 4.78 is 10.4.